The number of carboxylic acids is 1. The molecular weight excluding hydrogens is 372 g/mol. The Morgan fingerprint density at radius 2 is 1.97 bits per heavy atom. The van der Waals surface area contributed by atoms with E-state index in [9.17, 15) is 24.6 Å². The first-order valence-electron chi connectivity index (χ1n) is 9.97. The second-order valence-corrected chi connectivity index (χ2v) is 8.41. The molecule has 1 amide bonds. The van der Waals surface area contributed by atoms with Crippen LogP contribution in [0.15, 0.2) is 35.1 Å². The average Bonchev–Trinajstić information content (AvgIpc) is 2.69. The molecule has 1 fully saturated rings. The van der Waals surface area contributed by atoms with Gasteiger partial charge in [0, 0.05) is 20.1 Å². The lowest BCUT2D eigenvalue weighted by Gasteiger charge is -2.43. The third kappa shape index (κ3) is 3.79. The highest BCUT2D eigenvalue weighted by Gasteiger charge is 2.50. The maximum Gasteiger partial charge on any atom is 0.314 e. The summed E-state index contributed by atoms with van der Waals surface area (Å²) in [6, 6.07) is 8.87. The fourth-order valence-electron chi connectivity index (χ4n) is 4.11. The predicted molar refractivity (Wildman–Crippen MR) is 110 cm³/mol. The lowest BCUT2D eigenvalue weighted by molar-refractivity contribution is -0.163. The Hall–Kier alpha value is -2.67. The van der Waals surface area contributed by atoms with E-state index in [-0.39, 0.29) is 37.4 Å². The summed E-state index contributed by atoms with van der Waals surface area (Å²) in [5.74, 6) is -1.31. The van der Waals surface area contributed by atoms with Crippen molar-refractivity contribution in [2.24, 2.45) is 18.4 Å². The number of aromatic nitrogens is 1. The van der Waals surface area contributed by atoms with E-state index in [0.29, 0.717) is 6.42 Å². The van der Waals surface area contributed by atoms with Crippen LogP contribution in [0.3, 0.4) is 0 Å². The number of benzene rings is 1. The molecule has 1 aliphatic heterocycles. The molecule has 3 rings (SSSR count). The van der Waals surface area contributed by atoms with Gasteiger partial charge in [-0.1, -0.05) is 32.0 Å². The Morgan fingerprint density at radius 1 is 1.28 bits per heavy atom. The van der Waals surface area contributed by atoms with E-state index >= 15 is 0 Å². The Bertz CT molecular complexity index is 996. The number of hydrogen-bond acceptors (Lipinski definition) is 4. The molecule has 0 unspecified atom stereocenters. The van der Waals surface area contributed by atoms with Crippen molar-refractivity contribution >= 4 is 22.8 Å². The molecule has 7 nitrogen and oxygen atoms in total. The van der Waals surface area contributed by atoms with Gasteiger partial charge in [-0.25, -0.2) is 0 Å². The van der Waals surface area contributed by atoms with Crippen molar-refractivity contribution in [3.05, 3.63) is 46.2 Å². The normalized spacial score (nSPS) is 22.2. The molecule has 2 heterocycles. The van der Waals surface area contributed by atoms with Crippen LogP contribution < -0.4 is 5.56 Å². The number of hydrogen-bond donors (Lipinski definition) is 2. The van der Waals surface area contributed by atoms with Crippen molar-refractivity contribution in [2.45, 2.75) is 39.2 Å². The van der Waals surface area contributed by atoms with E-state index in [1.165, 1.54) is 9.47 Å². The molecule has 1 aromatic heterocycles. The Balaban J connectivity index is 1.97. The smallest absolute Gasteiger partial charge is 0.314 e. The summed E-state index contributed by atoms with van der Waals surface area (Å²) in [6.45, 7) is 4.09. The van der Waals surface area contributed by atoms with Gasteiger partial charge >= 0.3 is 5.97 Å². The van der Waals surface area contributed by atoms with E-state index in [4.69, 9.17) is 0 Å². The molecule has 0 aliphatic carbocycles. The summed E-state index contributed by atoms with van der Waals surface area (Å²) in [4.78, 5) is 39.5. The van der Waals surface area contributed by atoms with Crippen LogP contribution in [0.1, 0.15) is 43.5 Å². The molecule has 1 aliphatic rings. The number of aliphatic carboxylic acids is 1. The maximum absolute atomic E-state index is 13.2. The van der Waals surface area contributed by atoms with Crippen molar-refractivity contribution in [3.8, 4) is 0 Å². The van der Waals surface area contributed by atoms with Crippen molar-refractivity contribution in [3.63, 3.8) is 0 Å². The van der Waals surface area contributed by atoms with E-state index in [2.05, 4.69) is 0 Å². The van der Waals surface area contributed by atoms with E-state index in [1.807, 2.05) is 38.1 Å². The number of carbonyl (C=O) groups is 2. The molecular formula is C22H28N2O5. The zero-order chi connectivity index (χ0) is 21.3. The first-order chi connectivity index (χ1) is 13.7. The second kappa shape index (κ2) is 7.99. The molecule has 29 heavy (non-hydrogen) atoms. The number of likely N-dealkylation sites (tertiary alicyclic amines) is 1. The van der Waals surface area contributed by atoms with Crippen molar-refractivity contribution in [1.29, 1.82) is 0 Å². The number of para-hydroxylation sites is 1. The number of pyridine rings is 1. The number of rotatable bonds is 5. The molecule has 1 saturated heterocycles. The van der Waals surface area contributed by atoms with Crippen LogP contribution in [0.2, 0.25) is 0 Å². The van der Waals surface area contributed by atoms with Crippen LogP contribution in [0.25, 0.3) is 10.9 Å². The van der Waals surface area contributed by atoms with E-state index in [1.54, 1.807) is 13.1 Å². The Labute approximate surface area is 169 Å². The summed E-state index contributed by atoms with van der Waals surface area (Å²) < 4.78 is 1.44. The molecule has 0 saturated carbocycles. The lowest BCUT2D eigenvalue weighted by Crippen LogP contribution is -2.57. The Kier molecular flexibility index (Phi) is 5.80. The van der Waals surface area contributed by atoms with Gasteiger partial charge in [-0.3, -0.25) is 14.4 Å². The average molecular weight is 400 g/mol. The molecule has 0 spiro atoms. The summed E-state index contributed by atoms with van der Waals surface area (Å²) in [5, 5.41) is 21.2. The van der Waals surface area contributed by atoms with Crippen molar-refractivity contribution < 1.29 is 19.8 Å². The number of carbonyl (C=O) groups excluding carboxylic acids is 1. The van der Waals surface area contributed by atoms with Gasteiger partial charge in [0.2, 0.25) is 0 Å². The zero-order valence-corrected chi connectivity index (χ0v) is 17.1. The minimum atomic E-state index is -1.42. The number of carboxylic acid groups (broad SMARTS) is 1. The largest absolute Gasteiger partial charge is 0.481 e. The second-order valence-electron chi connectivity index (χ2n) is 8.41. The van der Waals surface area contributed by atoms with Crippen LogP contribution in [-0.4, -0.2) is 50.8 Å². The van der Waals surface area contributed by atoms with Crippen LogP contribution in [0.5, 0.6) is 0 Å². The maximum atomic E-state index is 13.2. The molecule has 0 radical (unpaired) electrons. The van der Waals surface area contributed by atoms with Gasteiger partial charge in [-0.05, 0) is 42.7 Å². The van der Waals surface area contributed by atoms with Crippen LogP contribution in [-0.2, 0) is 11.8 Å². The highest BCUT2D eigenvalue weighted by molar-refractivity contribution is 5.97. The minimum absolute atomic E-state index is 0.0192. The zero-order valence-electron chi connectivity index (χ0n) is 17.1. The molecule has 1 aromatic carbocycles. The van der Waals surface area contributed by atoms with Gasteiger partial charge in [-0.2, -0.15) is 0 Å². The third-order valence-electron chi connectivity index (χ3n) is 6.03. The van der Waals surface area contributed by atoms with E-state index in [0.717, 1.165) is 10.9 Å². The van der Waals surface area contributed by atoms with Gasteiger partial charge in [0.15, 0.2) is 0 Å². The molecule has 2 aromatic rings. The number of piperidine rings is 1. The molecule has 156 valence electrons. The summed E-state index contributed by atoms with van der Waals surface area (Å²) in [5.41, 5.74) is -1.09. The summed E-state index contributed by atoms with van der Waals surface area (Å²) >= 11 is 0. The van der Waals surface area contributed by atoms with Crippen LogP contribution >= 0.6 is 0 Å². The van der Waals surface area contributed by atoms with Crippen molar-refractivity contribution in [1.82, 2.24) is 9.47 Å². The fourth-order valence-corrected chi connectivity index (χ4v) is 4.11. The fraction of sp³-hybridized carbons (Fsp3) is 0.500. The number of nitrogens with zero attached hydrogens (tertiary/aromatic N) is 2. The SMILES string of the molecule is CC(C)CC[C@@]1(C(=O)O)CN(C(=O)c2cc3ccccc3n(C)c2=O)CC[C@H]1O. The topological polar surface area (TPSA) is 99.8 Å². The molecule has 7 heteroatoms. The number of aliphatic hydroxyl groups is 1. The number of fused-ring (bicyclic) bond motifs is 1. The first-order valence-corrected chi connectivity index (χ1v) is 9.97. The summed E-state index contributed by atoms with van der Waals surface area (Å²) in [6.07, 6.45) is 0.0515. The Morgan fingerprint density at radius 3 is 2.62 bits per heavy atom. The summed E-state index contributed by atoms with van der Waals surface area (Å²) in [7, 11) is 1.62. The molecule has 0 bridgehead atoms. The number of aliphatic hydroxyl groups excluding tert-OH is 1. The van der Waals surface area contributed by atoms with Crippen LogP contribution in [0.4, 0.5) is 0 Å². The van der Waals surface area contributed by atoms with Crippen LogP contribution in [0, 0.1) is 11.3 Å². The highest BCUT2D eigenvalue weighted by atomic mass is 16.4. The standard InChI is InChI=1S/C22H28N2O5/c1-14(2)8-10-22(21(28)29)13-24(11-9-18(22)25)20(27)16-12-15-6-4-5-7-17(15)23(3)19(16)26/h4-7,12,14,18,25H,8-11,13H2,1-3H3,(H,28,29)/t18-,22-/m1/s1. The van der Waals surface area contributed by atoms with Gasteiger partial charge in [0.05, 0.1) is 11.6 Å². The van der Waals surface area contributed by atoms with E-state index < -0.39 is 29.0 Å². The minimum Gasteiger partial charge on any atom is -0.481 e. The van der Waals surface area contributed by atoms with Gasteiger partial charge in [-0.15, -0.1) is 0 Å². The predicted octanol–water partition coefficient (Wildman–Crippen LogP) is 2.25. The van der Waals surface area contributed by atoms with Gasteiger partial charge in [0.1, 0.15) is 11.0 Å². The van der Waals surface area contributed by atoms with Gasteiger partial charge in [0.25, 0.3) is 11.5 Å². The molecule has 2 N–H and O–H groups in total. The quantitative estimate of drug-likeness (QED) is 0.802. The molecule has 2 atom stereocenters. The lowest BCUT2D eigenvalue weighted by atomic mass is 9.72. The third-order valence-corrected chi connectivity index (χ3v) is 6.03. The van der Waals surface area contributed by atoms with Crippen molar-refractivity contribution in [2.75, 3.05) is 13.1 Å². The van der Waals surface area contributed by atoms with Gasteiger partial charge < -0.3 is 19.7 Å². The highest BCUT2D eigenvalue weighted by Crippen LogP contribution is 2.37. The monoisotopic (exact) mass is 400 g/mol. The number of amides is 1. The number of aryl methyl sites for hydroxylation is 1. The first kappa shape index (κ1) is 21.0.